The fourth-order valence-corrected chi connectivity index (χ4v) is 9.52. The molecule has 11 aromatic rings. The van der Waals surface area contributed by atoms with Gasteiger partial charge in [0, 0.05) is 67.8 Å². The van der Waals surface area contributed by atoms with Crippen molar-refractivity contribution in [3.63, 3.8) is 0 Å². The Kier molecular flexibility index (Phi) is 6.26. The Bertz CT molecular complexity index is 3160. The van der Waals surface area contributed by atoms with Crippen molar-refractivity contribution in [2.45, 2.75) is 0 Å². The number of hydrogen-bond donors (Lipinski definition) is 0. The number of benzene rings is 7. The first-order valence-corrected chi connectivity index (χ1v) is 18.5. The van der Waals surface area contributed by atoms with Gasteiger partial charge in [0.2, 0.25) is 0 Å². The second-order valence-electron chi connectivity index (χ2n) is 12.8. The smallest absolute Gasteiger partial charge is 0.164 e. The quantitative estimate of drug-likeness (QED) is 0.185. The highest BCUT2D eigenvalue weighted by molar-refractivity contribution is 7.26. The van der Waals surface area contributed by atoms with Crippen molar-refractivity contribution in [1.82, 2.24) is 15.0 Å². The molecule has 0 N–H and O–H groups in total. The molecule has 6 heteroatoms. The molecule has 51 heavy (non-hydrogen) atoms. The Labute approximate surface area is 299 Å². The van der Waals surface area contributed by atoms with Crippen LogP contribution in [-0.2, 0) is 0 Å². The van der Waals surface area contributed by atoms with Crippen LogP contribution in [0.5, 0.6) is 0 Å². The average molecular weight is 688 g/mol. The predicted octanol–water partition coefficient (Wildman–Crippen LogP) is 13.2. The maximum absolute atomic E-state index is 6.48. The third-order valence-electron chi connectivity index (χ3n) is 9.75. The molecule has 0 radical (unpaired) electrons. The number of furan rings is 1. The van der Waals surface area contributed by atoms with Crippen molar-refractivity contribution in [1.29, 1.82) is 0 Å². The summed E-state index contributed by atoms with van der Waals surface area (Å²) in [5.41, 5.74) is 6.82. The van der Waals surface area contributed by atoms with E-state index in [0.717, 1.165) is 44.2 Å². The van der Waals surface area contributed by atoms with Crippen LogP contribution in [0.2, 0.25) is 0 Å². The average Bonchev–Trinajstić information content (AvgIpc) is 3.88. The summed E-state index contributed by atoms with van der Waals surface area (Å²) in [6, 6.07) is 53.2. The molecule has 0 aliphatic heterocycles. The zero-order valence-electron chi connectivity index (χ0n) is 27.0. The van der Waals surface area contributed by atoms with E-state index in [4.69, 9.17) is 19.4 Å². The summed E-state index contributed by atoms with van der Waals surface area (Å²) < 4.78 is 11.6. The Morgan fingerprint density at radius 2 is 0.980 bits per heavy atom. The molecule has 4 heterocycles. The maximum Gasteiger partial charge on any atom is 0.164 e. The summed E-state index contributed by atoms with van der Waals surface area (Å²) in [6.07, 6.45) is 0. The summed E-state index contributed by atoms with van der Waals surface area (Å²) in [6.45, 7) is 0. The molecule has 7 aromatic carbocycles. The number of fused-ring (bicyclic) bond motifs is 9. The van der Waals surface area contributed by atoms with Crippen LogP contribution >= 0.6 is 22.7 Å². The van der Waals surface area contributed by atoms with Gasteiger partial charge in [-0.1, -0.05) is 97.1 Å². The first-order valence-electron chi connectivity index (χ1n) is 16.8. The summed E-state index contributed by atoms with van der Waals surface area (Å²) in [7, 11) is 0. The first kappa shape index (κ1) is 28.6. The van der Waals surface area contributed by atoms with Crippen LogP contribution in [0.15, 0.2) is 156 Å². The van der Waals surface area contributed by atoms with Crippen molar-refractivity contribution in [2.75, 3.05) is 0 Å². The number of aromatic nitrogens is 3. The van der Waals surface area contributed by atoms with Crippen molar-refractivity contribution in [3.05, 3.63) is 152 Å². The normalized spacial score (nSPS) is 11.9. The lowest BCUT2D eigenvalue weighted by Crippen LogP contribution is -2.00. The Morgan fingerprint density at radius 1 is 0.353 bits per heavy atom. The molecular weight excluding hydrogens is 663 g/mol. The molecule has 0 unspecified atom stereocenters. The van der Waals surface area contributed by atoms with E-state index >= 15 is 0 Å². The van der Waals surface area contributed by atoms with Crippen LogP contribution in [0.25, 0.3) is 108 Å². The van der Waals surface area contributed by atoms with Crippen LogP contribution in [0, 0.1) is 0 Å². The fourth-order valence-electron chi connectivity index (χ4n) is 7.30. The Hall–Kier alpha value is -6.21. The molecule has 11 rings (SSSR count). The van der Waals surface area contributed by atoms with Crippen LogP contribution in [0.1, 0.15) is 0 Å². The highest BCUT2D eigenvalue weighted by Crippen LogP contribution is 2.41. The minimum Gasteiger partial charge on any atom is -0.456 e. The molecule has 0 aliphatic carbocycles. The van der Waals surface area contributed by atoms with Gasteiger partial charge in [0.05, 0.1) is 0 Å². The minimum absolute atomic E-state index is 0.606. The molecule has 0 atom stereocenters. The van der Waals surface area contributed by atoms with Crippen LogP contribution < -0.4 is 0 Å². The summed E-state index contributed by atoms with van der Waals surface area (Å²) in [4.78, 5) is 15.2. The van der Waals surface area contributed by atoms with E-state index in [9.17, 15) is 0 Å². The largest absolute Gasteiger partial charge is 0.456 e. The summed E-state index contributed by atoms with van der Waals surface area (Å²) in [5.74, 6) is 1.89. The van der Waals surface area contributed by atoms with E-state index in [1.54, 1.807) is 11.3 Å². The van der Waals surface area contributed by atoms with Gasteiger partial charge < -0.3 is 4.42 Å². The SMILES string of the molecule is c1ccc(-c2nc(-c3ccc4c(c3)oc3ccc(-c5ccc6sc7ccccc7c6c5)cc34)nc(-c3cccc4sc5ccccc5c34)n2)cc1. The van der Waals surface area contributed by atoms with Gasteiger partial charge in [0.15, 0.2) is 17.5 Å². The predicted molar refractivity (Wildman–Crippen MR) is 215 cm³/mol. The van der Waals surface area contributed by atoms with E-state index in [1.165, 1.54) is 45.9 Å². The van der Waals surface area contributed by atoms with Gasteiger partial charge in [0.1, 0.15) is 11.2 Å². The number of rotatable bonds is 4. The van der Waals surface area contributed by atoms with E-state index in [0.29, 0.717) is 17.5 Å². The highest BCUT2D eigenvalue weighted by atomic mass is 32.1. The first-order chi connectivity index (χ1) is 25.2. The standard InChI is InChI=1S/C45H25N3OS2/c1-2-9-26(10-3-1)43-46-44(48-45(47-43)33-13-8-16-41-42(33)32-12-5-7-15-39(32)51-41)29-17-20-30-34-23-27(18-21-36(34)49-37(30)25-29)28-19-22-40-35(24-28)31-11-4-6-14-38(31)50-40/h1-25H. The molecule has 0 amide bonds. The van der Waals surface area contributed by atoms with Gasteiger partial charge in [-0.3, -0.25) is 0 Å². The zero-order chi connectivity index (χ0) is 33.5. The lowest BCUT2D eigenvalue weighted by molar-refractivity contribution is 0.669. The fraction of sp³-hybridized carbons (Fsp3) is 0. The second kappa shape index (κ2) is 11.2. The Balaban J connectivity index is 1.05. The molecule has 4 aromatic heterocycles. The van der Waals surface area contributed by atoms with E-state index in [2.05, 4.69) is 121 Å². The van der Waals surface area contributed by atoms with Gasteiger partial charge in [-0.25, -0.2) is 15.0 Å². The molecule has 0 saturated carbocycles. The number of hydrogen-bond acceptors (Lipinski definition) is 6. The summed E-state index contributed by atoms with van der Waals surface area (Å²) in [5, 5.41) is 7.13. The lowest BCUT2D eigenvalue weighted by Gasteiger charge is -2.09. The van der Waals surface area contributed by atoms with E-state index in [1.807, 2.05) is 41.7 Å². The van der Waals surface area contributed by atoms with Crippen molar-refractivity contribution in [3.8, 4) is 45.3 Å². The number of thiophene rings is 2. The molecule has 4 nitrogen and oxygen atoms in total. The monoisotopic (exact) mass is 687 g/mol. The minimum atomic E-state index is 0.606. The van der Waals surface area contributed by atoms with E-state index < -0.39 is 0 Å². The van der Waals surface area contributed by atoms with Crippen molar-refractivity contribution < 1.29 is 4.42 Å². The topological polar surface area (TPSA) is 51.8 Å². The molecule has 0 fully saturated rings. The molecule has 0 bridgehead atoms. The molecule has 0 aliphatic rings. The van der Waals surface area contributed by atoms with Gasteiger partial charge >= 0.3 is 0 Å². The van der Waals surface area contributed by atoms with Crippen LogP contribution in [-0.4, -0.2) is 15.0 Å². The van der Waals surface area contributed by atoms with E-state index in [-0.39, 0.29) is 0 Å². The maximum atomic E-state index is 6.48. The van der Waals surface area contributed by atoms with Crippen LogP contribution in [0.3, 0.4) is 0 Å². The second-order valence-corrected chi connectivity index (χ2v) is 14.9. The lowest BCUT2D eigenvalue weighted by atomic mass is 10.0. The zero-order valence-corrected chi connectivity index (χ0v) is 28.6. The van der Waals surface area contributed by atoms with Gasteiger partial charge in [-0.2, -0.15) is 0 Å². The third-order valence-corrected chi connectivity index (χ3v) is 12.0. The third kappa shape index (κ3) is 4.61. The Morgan fingerprint density at radius 3 is 1.84 bits per heavy atom. The van der Waals surface area contributed by atoms with Gasteiger partial charge in [-0.05, 0) is 65.7 Å². The van der Waals surface area contributed by atoms with Gasteiger partial charge in [-0.15, -0.1) is 22.7 Å². The van der Waals surface area contributed by atoms with Crippen molar-refractivity contribution in [2.24, 2.45) is 0 Å². The van der Waals surface area contributed by atoms with Crippen LogP contribution in [0.4, 0.5) is 0 Å². The molecule has 0 saturated heterocycles. The molecule has 238 valence electrons. The summed E-state index contributed by atoms with van der Waals surface area (Å²) >= 11 is 3.63. The highest BCUT2D eigenvalue weighted by Gasteiger charge is 2.18. The van der Waals surface area contributed by atoms with Crippen molar-refractivity contribution >= 4 is 85.0 Å². The van der Waals surface area contributed by atoms with Gasteiger partial charge in [0.25, 0.3) is 0 Å². The molecule has 0 spiro atoms. The molecular formula is C45H25N3OS2. The number of nitrogens with zero attached hydrogens (tertiary/aromatic N) is 3.